The molecule has 0 saturated carbocycles. The number of pyridine rings is 1. The number of carbonyl (C=O) groups excluding carboxylic acids is 1. The Morgan fingerprint density at radius 1 is 0.967 bits per heavy atom. The van der Waals surface area contributed by atoms with Crippen molar-refractivity contribution in [2.45, 2.75) is 13.3 Å². The second-order valence-electron chi connectivity index (χ2n) is 7.30. The Morgan fingerprint density at radius 3 is 2.60 bits per heavy atom. The fourth-order valence-electron chi connectivity index (χ4n) is 3.52. The van der Waals surface area contributed by atoms with Crippen LogP contribution in [0.15, 0.2) is 78.9 Å². The number of carbonyl (C=O) groups is 1. The number of fused-ring (bicyclic) bond motifs is 1. The smallest absolute Gasteiger partial charge is 0.252 e. The minimum absolute atomic E-state index is 0.0897. The maximum absolute atomic E-state index is 13.1. The van der Waals surface area contributed by atoms with E-state index in [-0.39, 0.29) is 5.91 Å². The summed E-state index contributed by atoms with van der Waals surface area (Å²) in [7, 11) is 1.64. The monoisotopic (exact) mass is 396 g/mol. The number of methoxy groups -OCH3 is 1. The van der Waals surface area contributed by atoms with Crippen molar-refractivity contribution in [1.29, 1.82) is 0 Å². The van der Waals surface area contributed by atoms with Gasteiger partial charge in [0.05, 0.1) is 23.9 Å². The van der Waals surface area contributed by atoms with E-state index in [2.05, 4.69) is 17.4 Å². The lowest BCUT2D eigenvalue weighted by Gasteiger charge is -2.12. The van der Waals surface area contributed by atoms with Gasteiger partial charge in [-0.3, -0.25) is 4.79 Å². The molecule has 0 atom stereocenters. The van der Waals surface area contributed by atoms with Crippen molar-refractivity contribution in [3.8, 4) is 17.0 Å². The van der Waals surface area contributed by atoms with Crippen molar-refractivity contribution in [3.05, 3.63) is 95.6 Å². The quantitative estimate of drug-likeness (QED) is 0.488. The van der Waals surface area contributed by atoms with E-state index in [0.29, 0.717) is 12.1 Å². The Bertz CT molecular complexity index is 1190. The van der Waals surface area contributed by atoms with Gasteiger partial charge in [0.1, 0.15) is 5.75 Å². The molecule has 4 heteroatoms. The highest BCUT2D eigenvalue weighted by atomic mass is 16.5. The normalized spacial score (nSPS) is 10.7. The minimum Gasteiger partial charge on any atom is -0.497 e. The number of nitrogens with zero attached hydrogens (tertiary/aromatic N) is 1. The molecule has 0 fully saturated rings. The lowest BCUT2D eigenvalue weighted by atomic mass is 10.0. The maximum atomic E-state index is 13.1. The lowest BCUT2D eigenvalue weighted by molar-refractivity contribution is 0.0956. The van der Waals surface area contributed by atoms with Crippen LogP contribution in [0.25, 0.3) is 22.2 Å². The van der Waals surface area contributed by atoms with Crippen molar-refractivity contribution in [2.24, 2.45) is 0 Å². The van der Waals surface area contributed by atoms with Crippen LogP contribution in [-0.2, 0) is 6.42 Å². The van der Waals surface area contributed by atoms with Crippen molar-refractivity contribution in [3.63, 3.8) is 0 Å². The molecule has 30 heavy (non-hydrogen) atoms. The van der Waals surface area contributed by atoms with E-state index in [1.807, 2.05) is 73.7 Å². The predicted molar refractivity (Wildman–Crippen MR) is 121 cm³/mol. The molecular weight excluding hydrogens is 372 g/mol. The van der Waals surface area contributed by atoms with Crippen LogP contribution in [0.5, 0.6) is 5.75 Å². The fraction of sp³-hybridized carbons (Fsp3) is 0.154. The van der Waals surface area contributed by atoms with Gasteiger partial charge in [-0.05, 0) is 49.2 Å². The van der Waals surface area contributed by atoms with Crippen molar-refractivity contribution in [1.82, 2.24) is 10.3 Å². The zero-order valence-electron chi connectivity index (χ0n) is 17.2. The molecule has 0 radical (unpaired) electrons. The number of hydrogen-bond acceptors (Lipinski definition) is 3. The van der Waals surface area contributed by atoms with Gasteiger partial charge in [-0.25, -0.2) is 4.98 Å². The van der Waals surface area contributed by atoms with Crippen LogP contribution in [0.4, 0.5) is 0 Å². The summed E-state index contributed by atoms with van der Waals surface area (Å²) in [5, 5.41) is 3.93. The summed E-state index contributed by atoms with van der Waals surface area (Å²) in [6, 6.07) is 25.7. The van der Waals surface area contributed by atoms with Crippen LogP contribution in [-0.4, -0.2) is 24.5 Å². The number of rotatable bonds is 6. The molecule has 3 aromatic carbocycles. The molecule has 4 aromatic rings. The van der Waals surface area contributed by atoms with E-state index in [9.17, 15) is 4.79 Å². The Balaban J connectivity index is 1.67. The summed E-state index contributed by atoms with van der Waals surface area (Å²) in [6.07, 6.45) is 0.789. The van der Waals surface area contributed by atoms with Gasteiger partial charge in [-0.1, -0.05) is 54.1 Å². The molecule has 0 bridgehead atoms. The predicted octanol–water partition coefficient (Wildman–Crippen LogP) is 5.19. The molecule has 1 N–H and O–H groups in total. The molecule has 0 aliphatic heterocycles. The van der Waals surface area contributed by atoms with Crippen LogP contribution in [0.2, 0.25) is 0 Å². The van der Waals surface area contributed by atoms with Gasteiger partial charge in [-0.15, -0.1) is 0 Å². The lowest BCUT2D eigenvalue weighted by Crippen LogP contribution is -2.26. The Kier molecular flexibility index (Phi) is 5.75. The highest BCUT2D eigenvalue weighted by Crippen LogP contribution is 2.27. The van der Waals surface area contributed by atoms with Gasteiger partial charge in [0, 0.05) is 17.5 Å². The van der Waals surface area contributed by atoms with E-state index >= 15 is 0 Å². The zero-order chi connectivity index (χ0) is 20.9. The highest BCUT2D eigenvalue weighted by molar-refractivity contribution is 6.07. The van der Waals surface area contributed by atoms with Gasteiger partial charge in [0.25, 0.3) is 5.91 Å². The first-order valence-corrected chi connectivity index (χ1v) is 10.0. The first-order valence-electron chi connectivity index (χ1n) is 10.0. The summed E-state index contributed by atoms with van der Waals surface area (Å²) in [4.78, 5) is 17.9. The van der Waals surface area contributed by atoms with E-state index in [1.165, 1.54) is 5.56 Å². The van der Waals surface area contributed by atoms with E-state index in [1.54, 1.807) is 7.11 Å². The topological polar surface area (TPSA) is 51.2 Å². The first-order chi connectivity index (χ1) is 14.6. The fourth-order valence-corrected chi connectivity index (χ4v) is 3.52. The molecular formula is C26H24N2O2. The standard InChI is InChI=1S/C26H24N2O2/c1-18-11-12-24-22(15-18)23(26(29)27-14-13-19-7-4-3-5-8-19)17-25(28-24)20-9-6-10-21(16-20)30-2/h3-12,15-17H,13-14H2,1-2H3,(H,27,29). The molecule has 4 rings (SSSR count). The SMILES string of the molecule is COc1cccc(-c2cc(C(=O)NCCc3ccccc3)c3cc(C)ccc3n2)c1. The van der Waals surface area contributed by atoms with Gasteiger partial charge in [-0.2, -0.15) is 0 Å². The molecule has 150 valence electrons. The third-order valence-electron chi connectivity index (χ3n) is 5.12. The molecule has 1 heterocycles. The number of hydrogen-bond donors (Lipinski definition) is 1. The van der Waals surface area contributed by atoms with Crippen LogP contribution in [0.3, 0.4) is 0 Å². The molecule has 1 aromatic heterocycles. The number of benzene rings is 3. The summed E-state index contributed by atoms with van der Waals surface area (Å²) < 4.78 is 5.35. The first kappa shape index (κ1) is 19.6. The molecule has 0 aliphatic rings. The Hall–Kier alpha value is -3.66. The Labute approximate surface area is 176 Å². The van der Waals surface area contributed by atoms with Crippen LogP contribution in [0, 0.1) is 6.92 Å². The summed E-state index contributed by atoms with van der Waals surface area (Å²) >= 11 is 0. The summed E-state index contributed by atoms with van der Waals surface area (Å²) in [5.74, 6) is 0.667. The van der Waals surface area contributed by atoms with Crippen LogP contribution >= 0.6 is 0 Å². The maximum Gasteiger partial charge on any atom is 0.252 e. The molecule has 0 spiro atoms. The van der Waals surface area contributed by atoms with Crippen LogP contribution in [0.1, 0.15) is 21.5 Å². The molecule has 0 unspecified atom stereocenters. The third kappa shape index (κ3) is 4.33. The molecule has 0 aliphatic carbocycles. The third-order valence-corrected chi connectivity index (χ3v) is 5.12. The van der Waals surface area contributed by atoms with Crippen LogP contribution < -0.4 is 10.1 Å². The second kappa shape index (κ2) is 8.78. The second-order valence-corrected chi connectivity index (χ2v) is 7.30. The van der Waals surface area contributed by atoms with Crippen molar-refractivity contribution in [2.75, 3.05) is 13.7 Å². The van der Waals surface area contributed by atoms with Gasteiger partial charge in [0.2, 0.25) is 0 Å². The number of nitrogens with one attached hydrogen (secondary N) is 1. The van der Waals surface area contributed by atoms with Gasteiger partial charge < -0.3 is 10.1 Å². The van der Waals surface area contributed by atoms with E-state index in [0.717, 1.165) is 39.9 Å². The average Bonchev–Trinajstić information content (AvgIpc) is 2.79. The van der Waals surface area contributed by atoms with Gasteiger partial charge >= 0.3 is 0 Å². The zero-order valence-corrected chi connectivity index (χ0v) is 17.2. The van der Waals surface area contributed by atoms with Gasteiger partial charge in [0.15, 0.2) is 0 Å². The number of ether oxygens (including phenoxy) is 1. The molecule has 0 saturated heterocycles. The summed E-state index contributed by atoms with van der Waals surface area (Å²) in [6.45, 7) is 2.60. The molecule has 4 nitrogen and oxygen atoms in total. The van der Waals surface area contributed by atoms with E-state index in [4.69, 9.17) is 9.72 Å². The highest BCUT2D eigenvalue weighted by Gasteiger charge is 2.14. The Morgan fingerprint density at radius 2 is 1.80 bits per heavy atom. The molecule has 1 amide bonds. The number of aryl methyl sites for hydroxylation is 1. The average molecular weight is 396 g/mol. The number of aromatic nitrogens is 1. The van der Waals surface area contributed by atoms with Crippen molar-refractivity contribution >= 4 is 16.8 Å². The van der Waals surface area contributed by atoms with E-state index < -0.39 is 0 Å². The number of amides is 1. The summed E-state index contributed by atoms with van der Waals surface area (Å²) in [5.41, 5.74) is 5.39. The minimum atomic E-state index is -0.0897. The largest absolute Gasteiger partial charge is 0.497 e. The van der Waals surface area contributed by atoms with Crippen molar-refractivity contribution < 1.29 is 9.53 Å².